The van der Waals surface area contributed by atoms with Crippen molar-refractivity contribution in [1.29, 1.82) is 0 Å². The Kier molecular flexibility index (Phi) is 2.79. The van der Waals surface area contributed by atoms with Crippen LogP contribution < -0.4 is 5.56 Å². The third kappa shape index (κ3) is 2.00. The summed E-state index contributed by atoms with van der Waals surface area (Å²) in [5.74, 6) is 0.808. The molecular weight excluding hydrogens is 264 g/mol. The van der Waals surface area contributed by atoms with Crippen LogP contribution in [0.3, 0.4) is 0 Å². The van der Waals surface area contributed by atoms with E-state index in [0.29, 0.717) is 16.7 Å². The van der Waals surface area contributed by atoms with Crippen molar-refractivity contribution in [1.82, 2.24) is 9.55 Å². The predicted molar refractivity (Wildman–Crippen MR) is 71.8 cm³/mol. The van der Waals surface area contributed by atoms with Crippen LogP contribution in [-0.4, -0.2) is 15.8 Å². The molecule has 0 spiro atoms. The number of aldehydes is 1. The lowest BCUT2D eigenvalue weighted by Crippen LogP contribution is -2.20. The molecule has 0 fully saturated rings. The van der Waals surface area contributed by atoms with E-state index in [1.807, 2.05) is 12.3 Å². The molecule has 3 rings (SSSR count). The Hall–Kier alpha value is -2.21. The number of carbonyl (C=O) groups is 1. The number of hydrogen-bond acceptors (Lipinski definition) is 5. The largest absolute Gasteiger partial charge is 0.456 e. The average Bonchev–Trinajstić information content (AvgIpc) is 3.00. The Balaban J connectivity index is 2.03. The monoisotopic (exact) mass is 274 g/mol. The molecule has 96 valence electrons. The van der Waals surface area contributed by atoms with Crippen molar-refractivity contribution in [2.24, 2.45) is 0 Å². The molecule has 0 unspecified atom stereocenters. The van der Waals surface area contributed by atoms with Crippen LogP contribution in [0.15, 0.2) is 33.1 Å². The summed E-state index contributed by atoms with van der Waals surface area (Å²) in [6.45, 7) is 2.20. The average molecular weight is 274 g/mol. The predicted octanol–water partition coefficient (Wildman–Crippen LogP) is 2.22. The minimum Gasteiger partial charge on any atom is -0.456 e. The highest BCUT2D eigenvalue weighted by Gasteiger charge is 2.10. The van der Waals surface area contributed by atoms with E-state index in [9.17, 15) is 9.59 Å². The Bertz CT molecular complexity index is 813. The van der Waals surface area contributed by atoms with Gasteiger partial charge in [0.05, 0.1) is 18.4 Å². The third-order valence-corrected chi connectivity index (χ3v) is 3.92. The van der Waals surface area contributed by atoms with Crippen LogP contribution in [-0.2, 0) is 6.54 Å². The molecule has 0 aliphatic heterocycles. The number of hydrogen-bond donors (Lipinski definition) is 0. The van der Waals surface area contributed by atoms with Crippen molar-refractivity contribution in [3.63, 3.8) is 0 Å². The number of fused-ring (bicyclic) bond motifs is 1. The van der Waals surface area contributed by atoms with E-state index in [1.165, 1.54) is 22.2 Å². The summed E-state index contributed by atoms with van der Waals surface area (Å²) in [5, 5.41) is 1.92. The van der Waals surface area contributed by atoms with Crippen molar-refractivity contribution in [2.45, 2.75) is 13.5 Å². The van der Waals surface area contributed by atoms with Gasteiger partial charge < -0.3 is 4.42 Å². The molecule has 3 aromatic rings. The highest BCUT2D eigenvalue weighted by Crippen LogP contribution is 2.19. The summed E-state index contributed by atoms with van der Waals surface area (Å²) in [6, 6.07) is 3.26. The van der Waals surface area contributed by atoms with Crippen molar-refractivity contribution in [3.8, 4) is 0 Å². The molecule has 0 aromatic carbocycles. The van der Waals surface area contributed by atoms with Gasteiger partial charge in [0.2, 0.25) is 0 Å². The van der Waals surface area contributed by atoms with E-state index in [1.54, 1.807) is 12.1 Å². The molecule has 3 aromatic heterocycles. The first-order valence-corrected chi connectivity index (χ1v) is 6.54. The second-order valence-electron chi connectivity index (χ2n) is 4.20. The molecule has 0 atom stereocenters. The van der Waals surface area contributed by atoms with Gasteiger partial charge in [-0.25, -0.2) is 4.98 Å². The van der Waals surface area contributed by atoms with Crippen LogP contribution in [0.2, 0.25) is 0 Å². The summed E-state index contributed by atoms with van der Waals surface area (Å²) in [4.78, 5) is 27.1. The standard InChI is InChI=1S/C13H10N2O3S/c1-8-6-19-12-11(8)14-7-15(13(12)17)4-9-2-3-10(5-16)18-9/h2-3,5-7H,4H2,1H3. The van der Waals surface area contributed by atoms with Crippen molar-refractivity contribution < 1.29 is 9.21 Å². The Morgan fingerprint density at radius 1 is 1.47 bits per heavy atom. The van der Waals surface area contributed by atoms with Crippen LogP contribution in [0.25, 0.3) is 10.2 Å². The zero-order chi connectivity index (χ0) is 13.4. The fourth-order valence-electron chi connectivity index (χ4n) is 1.88. The Morgan fingerprint density at radius 2 is 2.32 bits per heavy atom. The number of thiophene rings is 1. The number of aryl methyl sites for hydroxylation is 1. The first kappa shape index (κ1) is 11.9. The zero-order valence-corrected chi connectivity index (χ0v) is 10.9. The van der Waals surface area contributed by atoms with E-state index < -0.39 is 0 Å². The van der Waals surface area contributed by atoms with Crippen LogP contribution in [0.4, 0.5) is 0 Å². The van der Waals surface area contributed by atoms with Gasteiger partial charge in [-0.2, -0.15) is 0 Å². The molecule has 19 heavy (non-hydrogen) atoms. The molecule has 0 saturated heterocycles. The van der Waals surface area contributed by atoms with Crippen LogP contribution in [0.5, 0.6) is 0 Å². The highest BCUT2D eigenvalue weighted by atomic mass is 32.1. The molecule has 0 aliphatic carbocycles. The minimum absolute atomic E-state index is 0.0906. The summed E-state index contributed by atoms with van der Waals surface area (Å²) in [7, 11) is 0. The number of carbonyl (C=O) groups excluding carboxylic acids is 1. The van der Waals surface area contributed by atoms with E-state index in [4.69, 9.17) is 4.42 Å². The SMILES string of the molecule is Cc1csc2c(=O)n(Cc3ccc(C=O)o3)cnc12. The van der Waals surface area contributed by atoms with Gasteiger partial charge in [-0.3, -0.25) is 14.2 Å². The first-order chi connectivity index (χ1) is 9.19. The second kappa shape index (κ2) is 4.47. The van der Waals surface area contributed by atoms with E-state index >= 15 is 0 Å². The molecule has 5 nitrogen and oxygen atoms in total. The second-order valence-corrected chi connectivity index (χ2v) is 5.08. The van der Waals surface area contributed by atoms with Gasteiger partial charge in [-0.1, -0.05) is 0 Å². The summed E-state index contributed by atoms with van der Waals surface area (Å²) in [5.41, 5.74) is 1.66. The smallest absolute Gasteiger partial charge is 0.271 e. The third-order valence-electron chi connectivity index (χ3n) is 2.85. The zero-order valence-electron chi connectivity index (χ0n) is 10.1. The number of rotatable bonds is 3. The topological polar surface area (TPSA) is 65.1 Å². The molecule has 0 radical (unpaired) electrons. The van der Waals surface area contributed by atoms with E-state index in [-0.39, 0.29) is 17.9 Å². The first-order valence-electron chi connectivity index (χ1n) is 5.66. The van der Waals surface area contributed by atoms with Crippen molar-refractivity contribution in [3.05, 3.63) is 51.3 Å². The molecule has 6 heteroatoms. The Labute approximate surface area is 112 Å². The normalized spacial score (nSPS) is 11.0. The highest BCUT2D eigenvalue weighted by molar-refractivity contribution is 7.17. The quantitative estimate of drug-likeness (QED) is 0.687. The summed E-state index contributed by atoms with van der Waals surface area (Å²) >= 11 is 1.39. The lowest BCUT2D eigenvalue weighted by Gasteiger charge is -2.02. The maximum Gasteiger partial charge on any atom is 0.271 e. The van der Waals surface area contributed by atoms with Gasteiger partial charge in [0.15, 0.2) is 12.0 Å². The number of furan rings is 1. The molecule has 3 heterocycles. The van der Waals surface area contributed by atoms with Gasteiger partial charge in [0.1, 0.15) is 10.5 Å². The lowest BCUT2D eigenvalue weighted by atomic mass is 10.3. The maximum absolute atomic E-state index is 12.2. The van der Waals surface area contributed by atoms with Gasteiger partial charge in [0, 0.05) is 0 Å². The molecule has 0 saturated carbocycles. The number of nitrogens with zero attached hydrogens (tertiary/aromatic N) is 2. The number of aromatic nitrogens is 2. The van der Waals surface area contributed by atoms with E-state index in [0.717, 1.165) is 11.1 Å². The van der Waals surface area contributed by atoms with Gasteiger partial charge in [-0.05, 0) is 30.0 Å². The van der Waals surface area contributed by atoms with Crippen molar-refractivity contribution >= 4 is 27.8 Å². The molecule has 0 N–H and O–H groups in total. The fraction of sp³-hybridized carbons (Fsp3) is 0.154. The lowest BCUT2D eigenvalue weighted by molar-refractivity contribution is 0.109. The Morgan fingerprint density at radius 3 is 3.05 bits per heavy atom. The fourth-order valence-corrected chi connectivity index (χ4v) is 2.83. The van der Waals surface area contributed by atoms with Gasteiger partial charge in [-0.15, -0.1) is 11.3 Å². The van der Waals surface area contributed by atoms with Gasteiger partial charge >= 0.3 is 0 Å². The minimum atomic E-state index is -0.0906. The maximum atomic E-state index is 12.2. The van der Waals surface area contributed by atoms with Crippen molar-refractivity contribution in [2.75, 3.05) is 0 Å². The molecule has 0 bridgehead atoms. The summed E-state index contributed by atoms with van der Waals surface area (Å²) < 4.78 is 7.38. The van der Waals surface area contributed by atoms with Crippen LogP contribution in [0, 0.1) is 6.92 Å². The summed E-state index contributed by atoms with van der Waals surface area (Å²) in [6.07, 6.45) is 2.14. The van der Waals surface area contributed by atoms with E-state index in [2.05, 4.69) is 4.98 Å². The molecule has 0 aliphatic rings. The van der Waals surface area contributed by atoms with Gasteiger partial charge in [0.25, 0.3) is 5.56 Å². The van der Waals surface area contributed by atoms with Crippen LogP contribution in [0.1, 0.15) is 21.9 Å². The van der Waals surface area contributed by atoms with Crippen LogP contribution >= 0.6 is 11.3 Å². The molecular formula is C13H10N2O3S. The molecule has 0 amide bonds.